The number of nitriles is 1. The van der Waals surface area contributed by atoms with E-state index < -0.39 is 0 Å². The molecule has 7 nitrogen and oxygen atoms in total. The van der Waals surface area contributed by atoms with E-state index in [2.05, 4.69) is 16.0 Å². The van der Waals surface area contributed by atoms with Crippen LogP contribution in [0, 0.1) is 18.3 Å². The van der Waals surface area contributed by atoms with Crippen molar-refractivity contribution in [2.75, 3.05) is 45.2 Å². The lowest BCUT2D eigenvalue weighted by atomic mass is 10.0. The number of nitrogens with zero attached hydrogens (tertiary/aromatic N) is 6. The number of amides is 1. The Labute approximate surface area is 159 Å². The fraction of sp³-hybridized carbons (Fsp3) is 0.400. The highest BCUT2D eigenvalue weighted by atomic mass is 16.2. The molecule has 1 aliphatic heterocycles. The SMILES string of the molecule is Cc1cc(C#N)nc(N2CCN(C(=O)C(c3ccccc3)N(C)C)CC2)n1. The molecule has 2 heterocycles. The summed E-state index contributed by atoms with van der Waals surface area (Å²) in [4.78, 5) is 27.7. The predicted molar refractivity (Wildman–Crippen MR) is 103 cm³/mol. The molecule has 7 heteroatoms. The number of rotatable bonds is 4. The first-order valence-electron chi connectivity index (χ1n) is 9.00. The molecule has 0 N–H and O–H groups in total. The lowest BCUT2D eigenvalue weighted by molar-refractivity contribution is -0.136. The van der Waals surface area contributed by atoms with Gasteiger partial charge in [0.2, 0.25) is 11.9 Å². The van der Waals surface area contributed by atoms with Crippen molar-refractivity contribution < 1.29 is 4.79 Å². The monoisotopic (exact) mass is 364 g/mol. The van der Waals surface area contributed by atoms with Gasteiger partial charge in [-0.05, 0) is 32.6 Å². The van der Waals surface area contributed by atoms with Crippen LogP contribution >= 0.6 is 0 Å². The van der Waals surface area contributed by atoms with E-state index in [-0.39, 0.29) is 11.9 Å². The Kier molecular flexibility index (Phi) is 5.67. The van der Waals surface area contributed by atoms with Crippen molar-refractivity contribution in [3.8, 4) is 6.07 Å². The van der Waals surface area contributed by atoms with Gasteiger partial charge >= 0.3 is 0 Å². The van der Waals surface area contributed by atoms with Gasteiger partial charge in [-0.2, -0.15) is 5.26 Å². The van der Waals surface area contributed by atoms with Crippen LogP contribution in [0.2, 0.25) is 0 Å². The molecule has 0 spiro atoms. The summed E-state index contributed by atoms with van der Waals surface area (Å²) < 4.78 is 0. The first-order valence-corrected chi connectivity index (χ1v) is 9.00. The second kappa shape index (κ2) is 8.14. The number of piperazine rings is 1. The van der Waals surface area contributed by atoms with Gasteiger partial charge in [0.05, 0.1) is 0 Å². The average molecular weight is 364 g/mol. The van der Waals surface area contributed by atoms with Crippen molar-refractivity contribution in [2.24, 2.45) is 0 Å². The van der Waals surface area contributed by atoms with Gasteiger partial charge in [-0.25, -0.2) is 9.97 Å². The van der Waals surface area contributed by atoms with E-state index in [4.69, 9.17) is 5.26 Å². The molecule has 1 amide bonds. The first kappa shape index (κ1) is 18.8. The summed E-state index contributed by atoms with van der Waals surface area (Å²) >= 11 is 0. The third kappa shape index (κ3) is 4.23. The van der Waals surface area contributed by atoms with Gasteiger partial charge in [-0.15, -0.1) is 0 Å². The maximum absolute atomic E-state index is 13.1. The molecule has 1 fully saturated rings. The molecule has 0 bridgehead atoms. The average Bonchev–Trinajstić information content (AvgIpc) is 2.68. The van der Waals surface area contributed by atoms with Crippen LogP contribution in [0.3, 0.4) is 0 Å². The Bertz CT molecular complexity index is 837. The zero-order valence-corrected chi connectivity index (χ0v) is 16.0. The summed E-state index contributed by atoms with van der Waals surface area (Å²) in [5, 5.41) is 9.10. The fourth-order valence-corrected chi connectivity index (χ4v) is 3.35. The Balaban J connectivity index is 1.70. The molecule has 3 rings (SSSR count). The van der Waals surface area contributed by atoms with E-state index in [1.54, 1.807) is 6.07 Å². The molecule has 0 saturated carbocycles. The lowest BCUT2D eigenvalue weighted by Gasteiger charge is -2.37. The maximum Gasteiger partial charge on any atom is 0.244 e. The van der Waals surface area contributed by atoms with Gasteiger partial charge in [0.1, 0.15) is 17.8 Å². The van der Waals surface area contributed by atoms with Gasteiger partial charge in [0.25, 0.3) is 0 Å². The molecular formula is C20H24N6O. The molecule has 1 aromatic heterocycles. The van der Waals surface area contributed by atoms with Crippen LogP contribution < -0.4 is 4.90 Å². The Hall–Kier alpha value is -2.98. The lowest BCUT2D eigenvalue weighted by Crippen LogP contribution is -2.52. The summed E-state index contributed by atoms with van der Waals surface area (Å²) in [6, 6.07) is 13.3. The fourth-order valence-electron chi connectivity index (χ4n) is 3.35. The molecular weight excluding hydrogens is 340 g/mol. The summed E-state index contributed by atoms with van der Waals surface area (Å²) in [6.07, 6.45) is 0. The molecule has 27 heavy (non-hydrogen) atoms. The zero-order valence-electron chi connectivity index (χ0n) is 16.0. The van der Waals surface area contributed by atoms with Crippen molar-refractivity contribution >= 4 is 11.9 Å². The molecule has 1 aliphatic rings. The predicted octanol–water partition coefficient (Wildman–Crippen LogP) is 1.61. The van der Waals surface area contributed by atoms with Crippen LogP contribution in [0.15, 0.2) is 36.4 Å². The second-order valence-corrected chi connectivity index (χ2v) is 6.90. The van der Waals surface area contributed by atoms with E-state index in [1.165, 1.54) is 0 Å². The van der Waals surface area contributed by atoms with Crippen LogP contribution in [0.5, 0.6) is 0 Å². The highest BCUT2D eigenvalue weighted by Crippen LogP contribution is 2.22. The minimum absolute atomic E-state index is 0.105. The first-order chi connectivity index (χ1) is 13.0. The quantitative estimate of drug-likeness (QED) is 0.820. The Morgan fingerprint density at radius 2 is 1.81 bits per heavy atom. The van der Waals surface area contributed by atoms with Gasteiger partial charge in [-0.1, -0.05) is 30.3 Å². The second-order valence-electron chi connectivity index (χ2n) is 6.90. The van der Waals surface area contributed by atoms with Crippen molar-refractivity contribution in [1.82, 2.24) is 19.8 Å². The molecule has 140 valence electrons. The molecule has 2 aromatic rings. The number of hydrogen-bond donors (Lipinski definition) is 0. The number of aromatic nitrogens is 2. The Morgan fingerprint density at radius 1 is 1.15 bits per heavy atom. The van der Waals surface area contributed by atoms with Crippen molar-refractivity contribution in [3.63, 3.8) is 0 Å². The molecule has 1 saturated heterocycles. The number of aryl methyl sites for hydroxylation is 1. The number of hydrogen-bond acceptors (Lipinski definition) is 6. The van der Waals surface area contributed by atoms with Crippen molar-refractivity contribution in [2.45, 2.75) is 13.0 Å². The highest BCUT2D eigenvalue weighted by Gasteiger charge is 2.30. The summed E-state index contributed by atoms with van der Waals surface area (Å²) in [5.41, 5.74) is 2.13. The maximum atomic E-state index is 13.1. The normalized spacial score (nSPS) is 15.5. The van der Waals surface area contributed by atoms with E-state index in [9.17, 15) is 4.79 Å². The zero-order chi connectivity index (χ0) is 19.4. The van der Waals surface area contributed by atoms with Gasteiger partial charge in [-0.3, -0.25) is 9.69 Å². The summed E-state index contributed by atoms with van der Waals surface area (Å²) in [6.45, 7) is 4.36. The van der Waals surface area contributed by atoms with Crippen LogP contribution in [0.4, 0.5) is 5.95 Å². The smallest absolute Gasteiger partial charge is 0.244 e. The molecule has 1 unspecified atom stereocenters. The van der Waals surface area contributed by atoms with Crippen LogP contribution in [0.25, 0.3) is 0 Å². The third-order valence-corrected chi connectivity index (χ3v) is 4.70. The molecule has 0 aliphatic carbocycles. The number of likely N-dealkylation sites (N-methyl/N-ethyl adjacent to an activating group) is 1. The summed E-state index contributed by atoms with van der Waals surface area (Å²) in [7, 11) is 3.85. The standard InChI is InChI=1S/C20H24N6O/c1-15-13-17(14-21)23-20(22-15)26-11-9-25(10-12-26)19(27)18(24(2)3)16-7-5-4-6-8-16/h4-8,13,18H,9-12H2,1-3H3. The Morgan fingerprint density at radius 3 is 2.41 bits per heavy atom. The topological polar surface area (TPSA) is 76.4 Å². The minimum Gasteiger partial charge on any atom is -0.337 e. The molecule has 1 atom stereocenters. The van der Waals surface area contributed by atoms with Gasteiger partial charge in [0.15, 0.2) is 0 Å². The number of benzene rings is 1. The van der Waals surface area contributed by atoms with Crippen LogP contribution in [-0.4, -0.2) is 65.9 Å². The number of carbonyl (C=O) groups is 1. The third-order valence-electron chi connectivity index (χ3n) is 4.70. The van der Waals surface area contributed by atoms with Crippen molar-refractivity contribution in [1.29, 1.82) is 5.26 Å². The molecule has 1 aromatic carbocycles. The van der Waals surface area contributed by atoms with E-state index >= 15 is 0 Å². The van der Waals surface area contributed by atoms with Crippen LogP contribution in [-0.2, 0) is 4.79 Å². The number of anilines is 1. The van der Waals surface area contributed by atoms with Crippen LogP contribution in [0.1, 0.15) is 23.0 Å². The number of carbonyl (C=O) groups excluding carboxylic acids is 1. The molecule has 0 radical (unpaired) electrons. The highest BCUT2D eigenvalue weighted by molar-refractivity contribution is 5.83. The largest absolute Gasteiger partial charge is 0.337 e. The minimum atomic E-state index is -0.293. The van der Waals surface area contributed by atoms with Crippen molar-refractivity contribution in [3.05, 3.63) is 53.3 Å². The van der Waals surface area contributed by atoms with E-state index in [0.717, 1.165) is 11.3 Å². The van der Waals surface area contributed by atoms with Gasteiger partial charge in [0, 0.05) is 31.9 Å². The van der Waals surface area contributed by atoms with E-state index in [1.807, 2.05) is 66.1 Å². The summed E-state index contributed by atoms with van der Waals surface area (Å²) in [5.74, 6) is 0.666. The van der Waals surface area contributed by atoms with E-state index in [0.29, 0.717) is 37.8 Å². The van der Waals surface area contributed by atoms with Gasteiger partial charge < -0.3 is 9.80 Å².